The van der Waals surface area contributed by atoms with Gasteiger partial charge < -0.3 is 24.4 Å². The van der Waals surface area contributed by atoms with Crippen LogP contribution in [-0.2, 0) is 16.1 Å². The van der Waals surface area contributed by atoms with Gasteiger partial charge in [0.1, 0.15) is 5.75 Å². The van der Waals surface area contributed by atoms with Gasteiger partial charge >= 0.3 is 0 Å². The number of anilines is 2. The summed E-state index contributed by atoms with van der Waals surface area (Å²) >= 11 is 0. The van der Waals surface area contributed by atoms with Gasteiger partial charge in [-0.25, -0.2) is 0 Å². The number of methoxy groups -OCH3 is 1. The molecule has 0 aromatic heterocycles. The second-order valence-electron chi connectivity index (χ2n) is 7.34. The number of nitrogens with one attached hydrogen (secondary N) is 1. The number of para-hydroxylation sites is 2. The van der Waals surface area contributed by atoms with Crippen LogP contribution in [0.4, 0.5) is 11.4 Å². The van der Waals surface area contributed by atoms with Crippen molar-refractivity contribution >= 4 is 23.2 Å². The molecule has 7 heteroatoms. The number of rotatable bonds is 7. The number of hydrogen-bond acceptors (Lipinski definition) is 5. The molecule has 0 bridgehead atoms. The third-order valence-electron chi connectivity index (χ3n) is 5.06. The molecule has 0 saturated carbocycles. The van der Waals surface area contributed by atoms with Crippen LogP contribution in [-0.4, -0.2) is 31.6 Å². The summed E-state index contributed by atoms with van der Waals surface area (Å²) in [5, 5.41) is 2.80. The molecular formula is C25H24N2O5. The normalized spacial score (nSPS) is 14.9. The zero-order valence-corrected chi connectivity index (χ0v) is 17.9. The smallest absolute Gasteiger partial charge is 0.268 e. The number of hydrogen-bond donors (Lipinski definition) is 1. The lowest BCUT2D eigenvalue weighted by Gasteiger charge is -2.33. The van der Waals surface area contributed by atoms with E-state index < -0.39 is 6.10 Å². The fraction of sp³-hybridized carbons (Fsp3) is 0.200. The molecule has 1 aliphatic heterocycles. The maximum Gasteiger partial charge on any atom is 0.268 e. The van der Waals surface area contributed by atoms with Gasteiger partial charge in [-0.1, -0.05) is 42.5 Å². The van der Waals surface area contributed by atoms with Crippen molar-refractivity contribution in [3.63, 3.8) is 0 Å². The van der Waals surface area contributed by atoms with Crippen molar-refractivity contribution in [1.82, 2.24) is 0 Å². The van der Waals surface area contributed by atoms with E-state index in [1.807, 2.05) is 36.4 Å². The van der Waals surface area contributed by atoms with Gasteiger partial charge in [0.25, 0.3) is 11.8 Å². The van der Waals surface area contributed by atoms with Crippen molar-refractivity contribution in [2.45, 2.75) is 19.6 Å². The minimum atomic E-state index is -0.619. The summed E-state index contributed by atoms with van der Waals surface area (Å²) in [6.45, 7) is 1.99. The van der Waals surface area contributed by atoms with Crippen LogP contribution >= 0.6 is 0 Å². The van der Waals surface area contributed by atoms with Crippen molar-refractivity contribution in [2.75, 3.05) is 23.9 Å². The number of amides is 2. The zero-order chi connectivity index (χ0) is 22.5. The van der Waals surface area contributed by atoms with Crippen LogP contribution in [0.5, 0.6) is 17.2 Å². The van der Waals surface area contributed by atoms with E-state index in [0.717, 1.165) is 5.56 Å². The maximum absolute atomic E-state index is 12.7. The van der Waals surface area contributed by atoms with Crippen molar-refractivity contribution in [1.29, 1.82) is 0 Å². The van der Waals surface area contributed by atoms with Crippen molar-refractivity contribution < 1.29 is 23.8 Å². The van der Waals surface area contributed by atoms with Gasteiger partial charge in [0.05, 0.1) is 19.3 Å². The topological polar surface area (TPSA) is 77.1 Å². The van der Waals surface area contributed by atoms with E-state index in [0.29, 0.717) is 35.2 Å². The molecule has 164 valence electrons. The second-order valence-corrected chi connectivity index (χ2v) is 7.34. The second kappa shape index (κ2) is 9.43. The predicted molar refractivity (Wildman–Crippen MR) is 121 cm³/mol. The number of nitrogens with zero attached hydrogens (tertiary/aromatic N) is 1. The minimum Gasteiger partial charge on any atom is -0.493 e. The highest BCUT2D eigenvalue weighted by Crippen LogP contribution is 2.37. The Morgan fingerprint density at radius 3 is 2.50 bits per heavy atom. The number of carbonyl (C=O) groups excluding carboxylic acids is 2. The first-order chi connectivity index (χ1) is 15.5. The quantitative estimate of drug-likeness (QED) is 0.610. The molecule has 2 amide bonds. The molecule has 7 nitrogen and oxygen atoms in total. The molecule has 1 aliphatic rings. The van der Waals surface area contributed by atoms with E-state index in [1.54, 1.807) is 55.3 Å². The lowest BCUT2D eigenvalue weighted by molar-refractivity contribution is -0.125. The van der Waals surface area contributed by atoms with Crippen molar-refractivity contribution in [3.8, 4) is 17.2 Å². The summed E-state index contributed by atoms with van der Waals surface area (Å²) in [4.78, 5) is 26.8. The summed E-state index contributed by atoms with van der Waals surface area (Å²) < 4.78 is 16.6. The molecule has 0 aliphatic carbocycles. The number of ether oxygens (including phenoxy) is 3. The fourth-order valence-electron chi connectivity index (χ4n) is 3.50. The van der Waals surface area contributed by atoms with E-state index in [1.165, 1.54) is 0 Å². The summed E-state index contributed by atoms with van der Waals surface area (Å²) in [6, 6.07) is 22.1. The summed E-state index contributed by atoms with van der Waals surface area (Å²) in [5.41, 5.74) is 2.24. The van der Waals surface area contributed by atoms with Gasteiger partial charge in [0, 0.05) is 11.8 Å². The molecule has 0 saturated heterocycles. The molecule has 0 fully saturated rings. The highest BCUT2D eigenvalue weighted by Gasteiger charge is 2.31. The predicted octanol–water partition coefficient (Wildman–Crippen LogP) is 4.03. The van der Waals surface area contributed by atoms with Crippen LogP contribution in [0.3, 0.4) is 0 Å². The lowest BCUT2D eigenvalue weighted by Crippen LogP contribution is -2.44. The number of fused-ring (bicyclic) bond motifs is 1. The van der Waals surface area contributed by atoms with E-state index >= 15 is 0 Å². The Morgan fingerprint density at radius 2 is 1.75 bits per heavy atom. The Kier molecular flexibility index (Phi) is 6.26. The van der Waals surface area contributed by atoms with Crippen LogP contribution in [0, 0.1) is 0 Å². The van der Waals surface area contributed by atoms with Crippen molar-refractivity contribution in [3.05, 3.63) is 78.4 Å². The van der Waals surface area contributed by atoms with E-state index in [4.69, 9.17) is 14.2 Å². The fourth-order valence-corrected chi connectivity index (χ4v) is 3.50. The SMILES string of the molecule is COc1ccccc1OCC(=O)Nc1ccc2c(c1)OC(C)C(=O)N2Cc1ccccc1. The Bertz CT molecular complexity index is 1120. The van der Waals surface area contributed by atoms with Crippen LogP contribution in [0.2, 0.25) is 0 Å². The van der Waals surface area contributed by atoms with E-state index in [2.05, 4.69) is 5.32 Å². The van der Waals surface area contributed by atoms with Gasteiger partial charge in [-0.2, -0.15) is 0 Å². The summed E-state index contributed by atoms with van der Waals surface area (Å²) in [7, 11) is 1.54. The van der Waals surface area contributed by atoms with Gasteiger partial charge in [0.2, 0.25) is 0 Å². The number of benzene rings is 3. The molecular weight excluding hydrogens is 408 g/mol. The van der Waals surface area contributed by atoms with Crippen LogP contribution in [0.25, 0.3) is 0 Å². The van der Waals surface area contributed by atoms with E-state index in [9.17, 15) is 9.59 Å². The molecule has 0 radical (unpaired) electrons. The average Bonchev–Trinajstić information content (AvgIpc) is 2.81. The average molecular weight is 432 g/mol. The largest absolute Gasteiger partial charge is 0.493 e. The Balaban J connectivity index is 1.46. The van der Waals surface area contributed by atoms with Gasteiger partial charge in [-0.3, -0.25) is 9.59 Å². The third-order valence-corrected chi connectivity index (χ3v) is 5.06. The lowest BCUT2D eigenvalue weighted by atomic mass is 10.1. The van der Waals surface area contributed by atoms with Gasteiger partial charge in [-0.05, 0) is 36.8 Å². The van der Waals surface area contributed by atoms with Crippen LogP contribution in [0.1, 0.15) is 12.5 Å². The van der Waals surface area contributed by atoms with Gasteiger partial charge in [-0.15, -0.1) is 0 Å². The third kappa shape index (κ3) is 4.67. The van der Waals surface area contributed by atoms with Crippen LogP contribution < -0.4 is 24.4 Å². The minimum absolute atomic E-state index is 0.108. The number of carbonyl (C=O) groups is 2. The molecule has 4 rings (SSSR count). The molecule has 1 N–H and O–H groups in total. The Hall–Kier alpha value is -4.00. The first-order valence-corrected chi connectivity index (χ1v) is 10.3. The molecule has 3 aromatic carbocycles. The zero-order valence-electron chi connectivity index (χ0n) is 17.9. The molecule has 32 heavy (non-hydrogen) atoms. The molecule has 1 atom stereocenters. The highest BCUT2D eigenvalue weighted by molar-refractivity contribution is 6.00. The molecule has 1 unspecified atom stereocenters. The van der Waals surface area contributed by atoms with Gasteiger partial charge in [0.15, 0.2) is 24.2 Å². The molecule has 1 heterocycles. The van der Waals surface area contributed by atoms with E-state index in [-0.39, 0.29) is 18.4 Å². The summed E-state index contributed by atoms with van der Waals surface area (Å²) in [5.74, 6) is 1.15. The molecule has 3 aromatic rings. The Morgan fingerprint density at radius 1 is 1.03 bits per heavy atom. The van der Waals surface area contributed by atoms with Crippen LogP contribution in [0.15, 0.2) is 72.8 Å². The first kappa shape index (κ1) is 21.2. The molecule has 0 spiro atoms. The first-order valence-electron chi connectivity index (χ1n) is 10.3. The van der Waals surface area contributed by atoms with Crippen molar-refractivity contribution in [2.24, 2.45) is 0 Å². The summed E-state index contributed by atoms with van der Waals surface area (Å²) in [6.07, 6.45) is -0.619. The Labute approximate surface area is 186 Å². The maximum atomic E-state index is 12.7. The standard InChI is InChI=1S/C25H24N2O5/c1-17-25(29)27(15-18-8-4-3-5-9-18)20-13-12-19(14-23(20)32-17)26-24(28)16-31-22-11-7-6-10-21(22)30-2/h3-14,17H,15-16H2,1-2H3,(H,26,28). The highest BCUT2D eigenvalue weighted by atomic mass is 16.5. The monoisotopic (exact) mass is 432 g/mol.